The molecule has 0 spiro atoms. The highest BCUT2D eigenvalue weighted by molar-refractivity contribution is 4.89. The fraction of sp³-hybridized carbons (Fsp3) is 1.00. The van der Waals surface area contributed by atoms with Gasteiger partial charge in [0.2, 0.25) is 0 Å². The van der Waals surface area contributed by atoms with Gasteiger partial charge < -0.3 is 10.6 Å². The van der Waals surface area contributed by atoms with Crippen molar-refractivity contribution in [1.82, 2.24) is 4.90 Å². The van der Waals surface area contributed by atoms with Crippen LogP contribution >= 0.6 is 0 Å². The topological polar surface area (TPSA) is 29.3 Å². The highest BCUT2D eigenvalue weighted by Crippen LogP contribution is 2.36. The number of halogens is 3. The summed E-state index contributed by atoms with van der Waals surface area (Å²) in [7, 11) is 0. The Morgan fingerprint density at radius 2 is 1.87 bits per heavy atom. The summed E-state index contributed by atoms with van der Waals surface area (Å²) >= 11 is 0. The Hall–Kier alpha value is -0.290. The molecule has 15 heavy (non-hydrogen) atoms. The van der Waals surface area contributed by atoms with Gasteiger partial charge in [-0.15, -0.1) is 0 Å². The number of hydrogen-bond acceptors (Lipinski definition) is 2. The van der Waals surface area contributed by atoms with Crippen molar-refractivity contribution in [3.05, 3.63) is 0 Å². The summed E-state index contributed by atoms with van der Waals surface area (Å²) in [6, 6.07) is -1.64. The number of hydrogen-bond donors (Lipinski definition) is 1. The number of alkyl halides is 3. The predicted octanol–water partition coefficient (Wildman–Crippen LogP) is 1.61. The first-order valence-electron chi connectivity index (χ1n) is 5.51. The van der Waals surface area contributed by atoms with Crippen LogP contribution in [0.15, 0.2) is 0 Å². The minimum atomic E-state index is -4.23. The second-order valence-electron chi connectivity index (χ2n) is 4.78. The summed E-state index contributed by atoms with van der Waals surface area (Å²) in [4.78, 5) is 2.26. The predicted molar refractivity (Wildman–Crippen MR) is 51.3 cm³/mol. The molecule has 0 aromatic rings. The highest BCUT2D eigenvalue weighted by atomic mass is 19.4. The minimum Gasteiger partial charge on any atom is -0.320 e. The van der Waals surface area contributed by atoms with Gasteiger partial charge in [-0.05, 0) is 44.2 Å². The molecular formula is C10H17F3N2. The zero-order valence-electron chi connectivity index (χ0n) is 8.63. The Bertz CT molecular complexity index is 221. The number of rotatable bonds is 2. The van der Waals surface area contributed by atoms with Crippen LogP contribution in [0.4, 0.5) is 13.2 Å². The molecule has 3 rings (SSSR count). The van der Waals surface area contributed by atoms with Gasteiger partial charge >= 0.3 is 6.18 Å². The fourth-order valence-corrected chi connectivity index (χ4v) is 2.81. The van der Waals surface area contributed by atoms with Crippen LogP contribution in [0.25, 0.3) is 0 Å². The van der Waals surface area contributed by atoms with E-state index in [9.17, 15) is 13.2 Å². The van der Waals surface area contributed by atoms with E-state index in [0.29, 0.717) is 5.92 Å². The quantitative estimate of drug-likeness (QED) is 0.769. The summed E-state index contributed by atoms with van der Waals surface area (Å²) in [6.45, 7) is 2.93. The molecule has 2 atom stereocenters. The van der Waals surface area contributed by atoms with Crippen LogP contribution < -0.4 is 5.73 Å². The Kier molecular flexibility index (Phi) is 2.94. The molecule has 3 heterocycles. The molecule has 2 bridgehead atoms. The molecule has 0 aromatic heterocycles. The molecule has 0 saturated carbocycles. The molecular weight excluding hydrogens is 205 g/mol. The SMILES string of the molecule is NC(C[C@@H]1CN2CCC1CC2)C(F)(F)F. The Labute approximate surface area is 87.6 Å². The van der Waals surface area contributed by atoms with Crippen molar-refractivity contribution in [1.29, 1.82) is 0 Å². The molecule has 0 aromatic carbocycles. The monoisotopic (exact) mass is 222 g/mol. The van der Waals surface area contributed by atoms with Crippen molar-refractivity contribution in [2.45, 2.75) is 31.5 Å². The summed E-state index contributed by atoms with van der Waals surface area (Å²) in [5.74, 6) is 0.632. The van der Waals surface area contributed by atoms with Crippen LogP contribution in [0.2, 0.25) is 0 Å². The first-order valence-corrected chi connectivity index (χ1v) is 5.51. The standard InChI is InChI=1S/C10H17F3N2/c11-10(12,13)9(14)5-8-6-15-3-1-7(8)2-4-15/h7-9H,1-6,14H2/t8-,9?/m1/s1. The number of fused-ring (bicyclic) bond motifs is 3. The smallest absolute Gasteiger partial charge is 0.320 e. The largest absolute Gasteiger partial charge is 0.403 e. The highest BCUT2D eigenvalue weighted by Gasteiger charge is 2.42. The molecule has 3 saturated heterocycles. The van der Waals surface area contributed by atoms with E-state index in [1.165, 1.54) is 0 Å². The summed E-state index contributed by atoms with van der Waals surface area (Å²) < 4.78 is 36.9. The fourth-order valence-electron chi connectivity index (χ4n) is 2.81. The van der Waals surface area contributed by atoms with Gasteiger partial charge in [-0.1, -0.05) is 0 Å². The molecule has 3 aliphatic heterocycles. The van der Waals surface area contributed by atoms with Crippen LogP contribution in [0.1, 0.15) is 19.3 Å². The maximum atomic E-state index is 12.3. The molecule has 88 valence electrons. The van der Waals surface area contributed by atoms with Gasteiger partial charge in [0.05, 0.1) is 0 Å². The van der Waals surface area contributed by atoms with E-state index in [2.05, 4.69) is 4.90 Å². The van der Waals surface area contributed by atoms with Crippen molar-refractivity contribution in [3.63, 3.8) is 0 Å². The first kappa shape index (κ1) is 11.2. The molecule has 2 nitrogen and oxygen atoms in total. The van der Waals surface area contributed by atoms with Crippen LogP contribution in [0, 0.1) is 11.8 Å². The molecule has 3 fully saturated rings. The molecule has 5 heteroatoms. The normalized spacial score (nSPS) is 38.0. The summed E-state index contributed by atoms with van der Waals surface area (Å²) in [6.07, 6.45) is -2.03. The van der Waals surface area contributed by atoms with E-state index in [4.69, 9.17) is 5.73 Å². The van der Waals surface area contributed by atoms with Crippen LogP contribution in [0.5, 0.6) is 0 Å². The van der Waals surface area contributed by atoms with Crippen LogP contribution in [-0.2, 0) is 0 Å². The molecule has 0 amide bonds. The maximum absolute atomic E-state index is 12.3. The zero-order chi connectivity index (χ0) is 11.1. The maximum Gasteiger partial charge on any atom is 0.403 e. The summed E-state index contributed by atoms with van der Waals surface area (Å²) in [5.41, 5.74) is 5.17. The lowest BCUT2D eigenvalue weighted by atomic mass is 9.76. The van der Waals surface area contributed by atoms with Gasteiger partial charge in [-0.25, -0.2) is 0 Å². The van der Waals surface area contributed by atoms with Crippen LogP contribution in [0.3, 0.4) is 0 Å². The average molecular weight is 222 g/mol. The lowest BCUT2D eigenvalue weighted by Crippen LogP contribution is -2.50. The molecule has 0 aliphatic carbocycles. The molecule has 2 N–H and O–H groups in total. The Balaban J connectivity index is 1.90. The Morgan fingerprint density at radius 3 is 2.27 bits per heavy atom. The van der Waals surface area contributed by atoms with Crippen molar-refractivity contribution in [3.8, 4) is 0 Å². The lowest BCUT2D eigenvalue weighted by Gasteiger charge is -2.45. The molecule has 3 aliphatic rings. The molecule has 1 unspecified atom stereocenters. The van der Waals surface area contributed by atoms with E-state index in [1.807, 2.05) is 0 Å². The van der Waals surface area contributed by atoms with Gasteiger partial charge in [0.1, 0.15) is 6.04 Å². The van der Waals surface area contributed by atoms with Gasteiger partial charge in [-0.3, -0.25) is 0 Å². The van der Waals surface area contributed by atoms with Crippen LogP contribution in [-0.4, -0.2) is 36.8 Å². The lowest BCUT2D eigenvalue weighted by molar-refractivity contribution is -0.154. The van der Waals surface area contributed by atoms with Gasteiger partial charge in [0.15, 0.2) is 0 Å². The molecule has 0 radical (unpaired) electrons. The van der Waals surface area contributed by atoms with Gasteiger partial charge in [0.25, 0.3) is 0 Å². The second kappa shape index (κ2) is 3.94. The minimum absolute atomic E-state index is 0.102. The third kappa shape index (κ3) is 2.45. The summed E-state index contributed by atoms with van der Waals surface area (Å²) in [5, 5.41) is 0. The number of nitrogens with two attached hydrogens (primary N) is 1. The second-order valence-corrected chi connectivity index (χ2v) is 4.78. The average Bonchev–Trinajstić information content (AvgIpc) is 2.18. The van der Waals surface area contributed by atoms with Gasteiger partial charge in [0, 0.05) is 6.54 Å². The number of piperidine rings is 3. The zero-order valence-corrected chi connectivity index (χ0v) is 8.63. The van der Waals surface area contributed by atoms with E-state index < -0.39 is 12.2 Å². The van der Waals surface area contributed by atoms with E-state index in [1.54, 1.807) is 0 Å². The third-order valence-electron chi connectivity index (χ3n) is 3.77. The van der Waals surface area contributed by atoms with E-state index in [-0.39, 0.29) is 12.3 Å². The first-order chi connectivity index (χ1) is 6.97. The van der Waals surface area contributed by atoms with Crippen molar-refractivity contribution >= 4 is 0 Å². The van der Waals surface area contributed by atoms with Gasteiger partial charge in [-0.2, -0.15) is 13.2 Å². The van der Waals surface area contributed by atoms with Crippen molar-refractivity contribution < 1.29 is 13.2 Å². The van der Waals surface area contributed by atoms with Crippen molar-refractivity contribution in [2.75, 3.05) is 19.6 Å². The van der Waals surface area contributed by atoms with Crippen molar-refractivity contribution in [2.24, 2.45) is 17.6 Å². The van der Waals surface area contributed by atoms with E-state index >= 15 is 0 Å². The number of nitrogens with zero attached hydrogens (tertiary/aromatic N) is 1. The van der Waals surface area contributed by atoms with E-state index in [0.717, 1.165) is 32.5 Å². The third-order valence-corrected chi connectivity index (χ3v) is 3.77. The Morgan fingerprint density at radius 1 is 1.27 bits per heavy atom.